The number of carbonyl (C=O) groups excluding carboxylic acids is 1. The van der Waals surface area contributed by atoms with Crippen LogP contribution in [-0.4, -0.2) is 16.4 Å². The van der Waals surface area contributed by atoms with Gasteiger partial charge in [-0.15, -0.1) is 0 Å². The van der Waals surface area contributed by atoms with Crippen molar-refractivity contribution in [2.45, 2.75) is 0 Å². The van der Waals surface area contributed by atoms with Gasteiger partial charge in [0.25, 0.3) is 0 Å². The molecular weight excluding hydrogens is 160 g/mol. The second kappa shape index (κ2) is 3.39. The van der Waals surface area contributed by atoms with E-state index in [-0.39, 0.29) is 5.12 Å². The Balaban J connectivity index is 2.96. The molecule has 1 aromatic rings. The molecule has 0 aromatic carbocycles. The van der Waals surface area contributed by atoms with Crippen LogP contribution in [0.25, 0.3) is 0 Å². The van der Waals surface area contributed by atoms with Gasteiger partial charge in [0.1, 0.15) is 11.5 Å². The quantitative estimate of drug-likeness (QED) is 0.683. The third-order valence-electron chi connectivity index (χ3n) is 1.17. The van der Waals surface area contributed by atoms with Crippen LogP contribution in [-0.2, 0) is 0 Å². The lowest BCUT2D eigenvalue weighted by molar-refractivity contribution is 0.108. The fourth-order valence-corrected chi connectivity index (χ4v) is 0.993. The molecule has 2 N–H and O–H groups in total. The first kappa shape index (κ1) is 8.07. The molecular formula is C7H8N2OS. The predicted molar refractivity (Wildman–Crippen MR) is 46.5 cm³/mol. The smallest absolute Gasteiger partial charge is 0.237 e. The largest absolute Gasteiger partial charge is 0.384 e. The van der Waals surface area contributed by atoms with Gasteiger partial charge in [-0.05, 0) is 18.4 Å². The van der Waals surface area contributed by atoms with Crippen molar-refractivity contribution >= 4 is 22.7 Å². The maximum atomic E-state index is 11.0. The van der Waals surface area contributed by atoms with Crippen LogP contribution in [0.15, 0.2) is 18.2 Å². The zero-order chi connectivity index (χ0) is 8.27. The van der Waals surface area contributed by atoms with Crippen LogP contribution in [0.4, 0.5) is 5.82 Å². The summed E-state index contributed by atoms with van der Waals surface area (Å²) in [7, 11) is 0. The van der Waals surface area contributed by atoms with E-state index in [1.165, 1.54) is 0 Å². The second-order valence-corrected chi connectivity index (χ2v) is 2.72. The van der Waals surface area contributed by atoms with Crippen LogP contribution < -0.4 is 5.73 Å². The van der Waals surface area contributed by atoms with Crippen molar-refractivity contribution in [1.82, 2.24) is 4.98 Å². The van der Waals surface area contributed by atoms with Crippen LogP contribution in [0, 0.1) is 0 Å². The van der Waals surface area contributed by atoms with Crippen molar-refractivity contribution in [2.24, 2.45) is 0 Å². The van der Waals surface area contributed by atoms with E-state index in [4.69, 9.17) is 5.73 Å². The molecule has 3 nitrogen and oxygen atoms in total. The fraction of sp³-hybridized carbons (Fsp3) is 0.143. The van der Waals surface area contributed by atoms with Gasteiger partial charge in [0, 0.05) is 0 Å². The molecule has 0 bridgehead atoms. The molecule has 0 saturated carbocycles. The molecule has 1 rings (SSSR count). The molecule has 58 valence electrons. The number of rotatable bonds is 1. The minimum Gasteiger partial charge on any atom is -0.384 e. The predicted octanol–water partition coefficient (Wildman–Crippen LogP) is 1.17. The summed E-state index contributed by atoms with van der Waals surface area (Å²) in [5.74, 6) is 0.380. The van der Waals surface area contributed by atoms with Crippen molar-refractivity contribution < 1.29 is 4.79 Å². The number of thioether (sulfide) groups is 1. The van der Waals surface area contributed by atoms with Crippen molar-refractivity contribution in [1.29, 1.82) is 0 Å². The first-order valence-electron chi connectivity index (χ1n) is 3.05. The van der Waals surface area contributed by atoms with Crippen LogP contribution in [0.5, 0.6) is 0 Å². The molecule has 0 unspecified atom stereocenters. The van der Waals surface area contributed by atoms with E-state index in [1.54, 1.807) is 24.5 Å². The van der Waals surface area contributed by atoms with E-state index in [1.807, 2.05) is 0 Å². The number of hydrogen-bond acceptors (Lipinski definition) is 4. The zero-order valence-corrected chi connectivity index (χ0v) is 6.89. The molecule has 0 aliphatic carbocycles. The normalized spacial score (nSPS) is 9.55. The van der Waals surface area contributed by atoms with E-state index < -0.39 is 0 Å². The molecule has 0 fully saturated rings. The van der Waals surface area contributed by atoms with Crippen molar-refractivity contribution in [3.8, 4) is 0 Å². The average Bonchev–Trinajstić information content (AvgIpc) is 2.03. The molecule has 0 spiro atoms. The van der Waals surface area contributed by atoms with Gasteiger partial charge < -0.3 is 5.73 Å². The van der Waals surface area contributed by atoms with Gasteiger partial charge in [-0.1, -0.05) is 17.8 Å². The molecule has 0 aliphatic heterocycles. The Labute approximate surface area is 69.0 Å². The number of nitrogens with two attached hydrogens (primary N) is 1. The third kappa shape index (κ3) is 1.94. The highest BCUT2D eigenvalue weighted by Crippen LogP contribution is 2.07. The fourth-order valence-electron chi connectivity index (χ4n) is 0.670. The lowest BCUT2D eigenvalue weighted by Crippen LogP contribution is -1.99. The number of hydrogen-bond donors (Lipinski definition) is 1. The summed E-state index contributed by atoms with van der Waals surface area (Å²) in [6, 6.07) is 5.01. The summed E-state index contributed by atoms with van der Waals surface area (Å²) in [6.07, 6.45) is 1.72. The third-order valence-corrected chi connectivity index (χ3v) is 1.75. The van der Waals surface area contributed by atoms with Crippen LogP contribution in [0.3, 0.4) is 0 Å². The lowest BCUT2D eigenvalue weighted by atomic mass is 10.4. The van der Waals surface area contributed by atoms with Gasteiger partial charge in [-0.2, -0.15) is 0 Å². The maximum absolute atomic E-state index is 11.0. The van der Waals surface area contributed by atoms with Gasteiger partial charge in [-0.3, -0.25) is 4.79 Å². The molecule has 0 saturated heterocycles. The highest BCUT2D eigenvalue weighted by Gasteiger charge is 2.03. The van der Waals surface area contributed by atoms with E-state index in [0.29, 0.717) is 11.5 Å². The second-order valence-electron chi connectivity index (χ2n) is 1.94. The number of aromatic nitrogens is 1. The molecule has 11 heavy (non-hydrogen) atoms. The zero-order valence-electron chi connectivity index (χ0n) is 6.07. The minimum absolute atomic E-state index is 0.0581. The summed E-state index contributed by atoms with van der Waals surface area (Å²) in [5, 5.41) is -0.0581. The molecule has 0 amide bonds. The van der Waals surface area contributed by atoms with Crippen molar-refractivity contribution in [2.75, 3.05) is 12.0 Å². The Morgan fingerprint density at radius 3 is 2.91 bits per heavy atom. The minimum atomic E-state index is -0.0581. The van der Waals surface area contributed by atoms with Gasteiger partial charge >= 0.3 is 0 Å². The number of nitrogens with zero attached hydrogens (tertiary/aromatic N) is 1. The molecule has 4 heteroatoms. The first-order chi connectivity index (χ1) is 5.24. The Morgan fingerprint density at radius 1 is 1.64 bits per heavy atom. The van der Waals surface area contributed by atoms with Crippen LogP contribution >= 0.6 is 11.8 Å². The van der Waals surface area contributed by atoms with Crippen molar-refractivity contribution in [3.63, 3.8) is 0 Å². The highest BCUT2D eigenvalue weighted by atomic mass is 32.2. The van der Waals surface area contributed by atoms with Gasteiger partial charge in [0.05, 0.1) is 0 Å². The van der Waals surface area contributed by atoms with E-state index in [2.05, 4.69) is 4.98 Å². The van der Waals surface area contributed by atoms with Crippen molar-refractivity contribution in [3.05, 3.63) is 23.9 Å². The SMILES string of the molecule is CSC(=O)c1cccc(N)n1. The summed E-state index contributed by atoms with van der Waals surface area (Å²) < 4.78 is 0. The topological polar surface area (TPSA) is 56.0 Å². The van der Waals surface area contributed by atoms with Gasteiger partial charge in [-0.25, -0.2) is 4.98 Å². The Bertz CT molecular complexity index is 275. The molecule has 0 atom stereocenters. The molecule has 0 aliphatic rings. The molecule has 0 radical (unpaired) electrons. The summed E-state index contributed by atoms with van der Waals surface area (Å²) in [5.41, 5.74) is 5.79. The Morgan fingerprint density at radius 2 is 2.36 bits per heavy atom. The van der Waals surface area contributed by atoms with Crippen LogP contribution in [0.1, 0.15) is 10.5 Å². The van der Waals surface area contributed by atoms with E-state index in [0.717, 1.165) is 11.8 Å². The standard InChI is InChI=1S/C7H8N2OS/c1-11-7(10)5-3-2-4-6(8)9-5/h2-4H,1H3,(H2,8,9). The average molecular weight is 168 g/mol. The first-order valence-corrected chi connectivity index (χ1v) is 4.27. The lowest BCUT2D eigenvalue weighted by Gasteiger charge is -1.95. The number of anilines is 1. The Kier molecular flexibility index (Phi) is 2.48. The molecule has 1 aromatic heterocycles. The number of pyridine rings is 1. The summed E-state index contributed by atoms with van der Waals surface area (Å²) >= 11 is 1.13. The number of carbonyl (C=O) groups is 1. The monoisotopic (exact) mass is 168 g/mol. The van der Waals surface area contributed by atoms with E-state index >= 15 is 0 Å². The highest BCUT2D eigenvalue weighted by molar-refractivity contribution is 8.13. The maximum Gasteiger partial charge on any atom is 0.237 e. The van der Waals surface area contributed by atoms with Crippen LogP contribution in [0.2, 0.25) is 0 Å². The van der Waals surface area contributed by atoms with Gasteiger partial charge in [0.15, 0.2) is 0 Å². The Hall–Kier alpha value is -1.03. The van der Waals surface area contributed by atoms with Gasteiger partial charge in [0.2, 0.25) is 5.12 Å². The molecule has 1 heterocycles. The summed E-state index contributed by atoms with van der Waals surface area (Å²) in [4.78, 5) is 14.9. The summed E-state index contributed by atoms with van der Waals surface area (Å²) in [6.45, 7) is 0. The number of nitrogen functional groups attached to an aromatic ring is 1. The van der Waals surface area contributed by atoms with E-state index in [9.17, 15) is 4.79 Å².